The number of pyridine rings is 1. The fourth-order valence-corrected chi connectivity index (χ4v) is 1.73. The summed E-state index contributed by atoms with van der Waals surface area (Å²) in [6.45, 7) is 1.91. The Labute approximate surface area is 120 Å². The van der Waals surface area contributed by atoms with Crippen molar-refractivity contribution in [3.63, 3.8) is 0 Å². The highest BCUT2D eigenvalue weighted by molar-refractivity contribution is 6.21. The Morgan fingerprint density at radius 2 is 1.81 bits per heavy atom. The maximum absolute atomic E-state index is 13.1. The number of hydrogen-bond acceptors (Lipinski definition) is 4. The summed E-state index contributed by atoms with van der Waals surface area (Å²) in [6, 6.07) is 0. The molecule has 0 radical (unpaired) electrons. The summed E-state index contributed by atoms with van der Waals surface area (Å²) < 4.78 is 69.0. The molecule has 0 spiro atoms. The van der Waals surface area contributed by atoms with Crippen LogP contribution in [0.15, 0.2) is 0 Å². The predicted molar refractivity (Wildman–Crippen MR) is 61.3 cm³/mol. The second-order valence-corrected chi connectivity index (χ2v) is 4.35. The van der Waals surface area contributed by atoms with Crippen molar-refractivity contribution in [3.8, 4) is 5.75 Å². The van der Waals surface area contributed by atoms with Gasteiger partial charge in [-0.1, -0.05) is 0 Å². The van der Waals surface area contributed by atoms with E-state index in [1.165, 1.54) is 6.92 Å². The second-order valence-electron chi connectivity index (χ2n) is 3.87. The maximum atomic E-state index is 13.1. The first-order valence-corrected chi connectivity index (χ1v) is 5.84. The van der Waals surface area contributed by atoms with Gasteiger partial charge < -0.3 is 9.84 Å². The van der Waals surface area contributed by atoms with E-state index in [4.69, 9.17) is 0 Å². The average molecular weight is 334 g/mol. The zero-order valence-corrected chi connectivity index (χ0v) is 11.4. The molecule has 1 aromatic heterocycles. The highest BCUT2D eigenvalue weighted by atomic mass is 35.5. The highest BCUT2D eigenvalue weighted by Crippen LogP contribution is 2.42. The largest absolute Gasteiger partial charge is 0.507 e. The number of carbonyl (C=O) groups is 1. The van der Waals surface area contributed by atoms with Gasteiger partial charge in [0, 0.05) is 5.56 Å². The fourth-order valence-electron chi connectivity index (χ4n) is 1.54. The molecule has 0 aliphatic carbocycles. The van der Waals surface area contributed by atoms with Crippen LogP contribution in [0.25, 0.3) is 0 Å². The lowest BCUT2D eigenvalue weighted by Crippen LogP contribution is -2.22. The van der Waals surface area contributed by atoms with E-state index >= 15 is 0 Å². The van der Waals surface area contributed by atoms with Gasteiger partial charge in [-0.3, -0.25) is 0 Å². The minimum Gasteiger partial charge on any atom is -0.507 e. The number of alkyl halides is 6. The molecule has 118 valence electrons. The van der Waals surface area contributed by atoms with Crippen molar-refractivity contribution in [1.82, 2.24) is 4.98 Å². The van der Waals surface area contributed by atoms with Gasteiger partial charge >= 0.3 is 17.5 Å². The molecule has 21 heavy (non-hydrogen) atoms. The number of aromatic hydroxyl groups is 1. The SMILES string of the molecule is CCOC(=O)c1c(C(F)(F)F)nc(C(F)(F)Cl)c(C)c1O. The van der Waals surface area contributed by atoms with E-state index in [2.05, 4.69) is 21.3 Å². The molecule has 10 heteroatoms. The van der Waals surface area contributed by atoms with E-state index in [-0.39, 0.29) is 6.61 Å². The molecule has 0 saturated carbocycles. The third-order valence-corrected chi connectivity index (χ3v) is 2.60. The van der Waals surface area contributed by atoms with Crippen LogP contribution in [-0.4, -0.2) is 22.7 Å². The minimum atomic E-state index is -5.26. The van der Waals surface area contributed by atoms with Gasteiger partial charge in [0.05, 0.1) is 6.61 Å². The normalized spacial score (nSPS) is 12.4. The van der Waals surface area contributed by atoms with E-state index in [0.717, 1.165) is 6.92 Å². The van der Waals surface area contributed by atoms with Crippen molar-refractivity contribution in [2.24, 2.45) is 0 Å². The van der Waals surface area contributed by atoms with Gasteiger partial charge in [0.2, 0.25) is 0 Å². The van der Waals surface area contributed by atoms with Crippen LogP contribution in [0.2, 0.25) is 0 Å². The molecule has 1 N–H and O–H groups in total. The van der Waals surface area contributed by atoms with E-state index in [1.807, 2.05) is 0 Å². The number of halogens is 6. The summed E-state index contributed by atoms with van der Waals surface area (Å²) in [5.74, 6) is -2.83. The van der Waals surface area contributed by atoms with Crippen molar-refractivity contribution >= 4 is 17.6 Å². The standard InChI is InChI=1S/C11H9ClF5NO3/c1-3-21-9(20)5-6(19)4(2)7(10(12,13)14)18-8(5)11(15,16)17/h3H2,1-2H3,(H,18,19). The van der Waals surface area contributed by atoms with Crippen LogP contribution in [0.4, 0.5) is 22.0 Å². The molecule has 0 aliphatic heterocycles. The van der Waals surface area contributed by atoms with Crippen LogP contribution >= 0.6 is 11.6 Å². The second kappa shape index (κ2) is 5.63. The molecule has 1 aromatic rings. The van der Waals surface area contributed by atoms with Crippen LogP contribution in [0.5, 0.6) is 5.75 Å². The maximum Gasteiger partial charge on any atom is 0.434 e. The Kier molecular flexibility index (Phi) is 4.66. The Bertz CT molecular complexity index is 568. The summed E-state index contributed by atoms with van der Waals surface area (Å²) in [4.78, 5) is 14.2. The summed E-state index contributed by atoms with van der Waals surface area (Å²) in [6.07, 6.45) is -5.26. The Morgan fingerprint density at radius 3 is 2.19 bits per heavy atom. The minimum absolute atomic E-state index is 0.276. The van der Waals surface area contributed by atoms with Gasteiger partial charge in [0.15, 0.2) is 5.69 Å². The van der Waals surface area contributed by atoms with E-state index in [0.29, 0.717) is 0 Å². The number of carbonyl (C=O) groups excluding carboxylic acids is 1. The first-order valence-electron chi connectivity index (χ1n) is 5.46. The highest BCUT2D eigenvalue weighted by Gasteiger charge is 2.44. The Balaban J connectivity index is 3.72. The van der Waals surface area contributed by atoms with Crippen molar-refractivity contribution < 1.29 is 36.6 Å². The average Bonchev–Trinajstić information content (AvgIpc) is 2.29. The molecule has 0 bridgehead atoms. The zero-order chi connectivity index (χ0) is 16.6. The summed E-state index contributed by atoms with van der Waals surface area (Å²) in [5.41, 5.74) is -5.54. The molecule has 1 rings (SSSR count). The summed E-state index contributed by atoms with van der Waals surface area (Å²) in [5, 5.41) is 5.41. The number of nitrogens with zero attached hydrogens (tertiary/aromatic N) is 1. The molecule has 0 unspecified atom stereocenters. The lowest BCUT2D eigenvalue weighted by molar-refractivity contribution is -0.142. The molecule has 0 amide bonds. The van der Waals surface area contributed by atoms with E-state index in [1.54, 1.807) is 0 Å². The van der Waals surface area contributed by atoms with Gasteiger partial charge in [0.1, 0.15) is 17.0 Å². The van der Waals surface area contributed by atoms with Gasteiger partial charge in [-0.25, -0.2) is 9.78 Å². The van der Waals surface area contributed by atoms with Crippen LogP contribution < -0.4 is 0 Å². The summed E-state index contributed by atoms with van der Waals surface area (Å²) >= 11 is 4.66. The predicted octanol–water partition coefficient (Wildman–Crippen LogP) is 3.58. The number of aromatic nitrogens is 1. The van der Waals surface area contributed by atoms with Crippen LogP contribution in [0.1, 0.15) is 34.2 Å². The Morgan fingerprint density at radius 1 is 1.29 bits per heavy atom. The molecular weight excluding hydrogens is 325 g/mol. The monoisotopic (exact) mass is 333 g/mol. The number of esters is 1. The van der Waals surface area contributed by atoms with Gasteiger partial charge in [0.25, 0.3) is 0 Å². The lowest BCUT2D eigenvalue weighted by atomic mass is 10.1. The van der Waals surface area contributed by atoms with Crippen molar-refractivity contribution in [2.45, 2.75) is 25.4 Å². The molecule has 0 aliphatic rings. The van der Waals surface area contributed by atoms with Gasteiger partial charge in [-0.15, -0.1) is 0 Å². The van der Waals surface area contributed by atoms with Crippen molar-refractivity contribution in [3.05, 3.63) is 22.5 Å². The summed E-state index contributed by atoms with van der Waals surface area (Å²) in [7, 11) is 0. The quantitative estimate of drug-likeness (QED) is 0.522. The number of hydrogen-bond donors (Lipinski definition) is 1. The van der Waals surface area contributed by atoms with Gasteiger partial charge in [-0.05, 0) is 25.4 Å². The molecule has 0 fully saturated rings. The molecule has 4 nitrogen and oxygen atoms in total. The topological polar surface area (TPSA) is 59.4 Å². The first-order chi connectivity index (χ1) is 9.41. The van der Waals surface area contributed by atoms with E-state index < -0.39 is 45.8 Å². The van der Waals surface area contributed by atoms with E-state index in [9.17, 15) is 31.9 Å². The molecule has 0 saturated heterocycles. The third kappa shape index (κ3) is 3.52. The van der Waals surface area contributed by atoms with Crippen LogP contribution in [0, 0.1) is 6.92 Å². The fraction of sp³-hybridized carbons (Fsp3) is 0.455. The third-order valence-electron chi connectivity index (χ3n) is 2.42. The Hall–Kier alpha value is -1.64. The zero-order valence-electron chi connectivity index (χ0n) is 10.7. The number of rotatable bonds is 3. The molecule has 0 atom stereocenters. The number of ether oxygens (including phenoxy) is 1. The molecular formula is C11H9ClF5NO3. The van der Waals surface area contributed by atoms with Crippen LogP contribution in [-0.2, 0) is 16.3 Å². The van der Waals surface area contributed by atoms with Gasteiger partial charge in [-0.2, -0.15) is 22.0 Å². The first kappa shape index (κ1) is 17.4. The molecule has 1 heterocycles. The smallest absolute Gasteiger partial charge is 0.434 e. The molecule has 0 aromatic carbocycles. The lowest BCUT2D eigenvalue weighted by Gasteiger charge is -2.18. The van der Waals surface area contributed by atoms with Crippen LogP contribution in [0.3, 0.4) is 0 Å². The van der Waals surface area contributed by atoms with Crippen molar-refractivity contribution in [2.75, 3.05) is 6.61 Å². The van der Waals surface area contributed by atoms with Crippen molar-refractivity contribution in [1.29, 1.82) is 0 Å².